The molecule has 1 aromatic carbocycles. The average molecular weight is 285 g/mol. The first-order valence-electron chi connectivity index (χ1n) is 6.42. The Hall–Kier alpha value is -0.910. The van der Waals surface area contributed by atoms with Crippen LogP contribution in [0.1, 0.15) is 31.9 Å². The summed E-state index contributed by atoms with van der Waals surface area (Å²) >= 11 is 0. The van der Waals surface area contributed by atoms with E-state index < -0.39 is 15.1 Å². The molecule has 108 valence electrons. The second-order valence-corrected chi connectivity index (χ2v) is 7.66. The minimum atomic E-state index is -3.21. The molecule has 0 radical (unpaired) electrons. The van der Waals surface area contributed by atoms with E-state index in [0.29, 0.717) is 11.3 Å². The van der Waals surface area contributed by atoms with Gasteiger partial charge in [0.25, 0.3) is 0 Å². The quantitative estimate of drug-likeness (QED) is 0.866. The van der Waals surface area contributed by atoms with E-state index >= 15 is 0 Å². The maximum absolute atomic E-state index is 12.0. The Bertz CT molecular complexity index is 492. The van der Waals surface area contributed by atoms with Crippen molar-refractivity contribution >= 4 is 9.84 Å². The van der Waals surface area contributed by atoms with E-state index in [4.69, 9.17) is 5.11 Å². The molecule has 0 heterocycles. The first-order valence-corrected chi connectivity index (χ1v) is 7.96. The normalized spacial score (nSPS) is 14.1. The monoisotopic (exact) mass is 285 g/mol. The van der Waals surface area contributed by atoms with Crippen LogP contribution in [0, 0.1) is 0 Å². The van der Waals surface area contributed by atoms with Crippen molar-refractivity contribution < 1.29 is 13.5 Å². The number of benzene rings is 1. The minimum absolute atomic E-state index is 0.0980. The molecule has 0 spiro atoms. The number of rotatable bonds is 6. The Morgan fingerprint density at radius 2 is 1.68 bits per heavy atom. The first-order chi connectivity index (χ1) is 8.80. The van der Waals surface area contributed by atoms with Crippen LogP contribution >= 0.6 is 0 Å². The summed E-state index contributed by atoms with van der Waals surface area (Å²) in [6, 6.07) is 7.06. The molecular weight excluding hydrogens is 262 g/mol. The van der Waals surface area contributed by atoms with Crippen LogP contribution in [0.3, 0.4) is 0 Å². The van der Waals surface area contributed by atoms with Crippen LogP contribution < -0.4 is 0 Å². The molecular formula is C14H23NO3S. The number of aliphatic hydroxyl groups excluding tert-OH is 1. The molecule has 1 unspecified atom stereocenters. The topological polar surface area (TPSA) is 57.6 Å². The highest BCUT2D eigenvalue weighted by atomic mass is 32.2. The third-order valence-corrected chi connectivity index (χ3v) is 5.41. The van der Waals surface area contributed by atoms with Crippen molar-refractivity contribution in [3.63, 3.8) is 0 Å². The van der Waals surface area contributed by atoms with Gasteiger partial charge >= 0.3 is 0 Å². The third kappa shape index (κ3) is 3.78. The summed E-state index contributed by atoms with van der Waals surface area (Å²) in [5, 5.41) is 8.66. The van der Waals surface area contributed by atoms with Crippen molar-refractivity contribution in [2.24, 2.45) is 0 Å². The SMILES string of the molecule is CC(C)S(=O)(=O)c1ccc(C(CCO)N(C)C)cc1. The van der Waals surface area contributed by atoms with Crippen LogP contribution in [0.2, 0.25) is 0 Å². The fourth-order valence-electron chi connectivity index (χ4n) is 2.00. The Morgan fingerprint density at radius 3 is 2.05 bits per heavy atom. The third-order valence-electron chi connectivity index (χ3n) is 3.24. The molecule has 0 aliphatic carbocycles. The molecule has 5 heteroatoms. The number of hydrogen-bond donors (Lipinski definition) is 1. The summed E-state index contributed by atoms with van der Waals surface area (Å²) in [7, 11) is 0.672. The highest BCUT2D eigenvalue weighted by molar-refractivity contribution is 7.92. The van der Waals surface area contributed by atoms with E-state index in [1.54, 1.807) is 26.0 Å². The summed E-state index contributed by atoms with van der Waals surface area (Å²) in [6.07, 6.45) is 0.628. The molecule has 1 atom stereocenters. The van der Waals surface area contributed by atoms with E-state index in [9.17, 15) is 8.42 Å². The highest BCUT2D eigenvalue weighted by Gasteiger charge is 2.20. The van der Waals surface area contributed by atoms with Crippen LogP contribution in [0.15, 0.2) is 29.2 Å². The van der Waals surface area contributed by atoms with Crippen LogP contribution in [-0.2, 0) is 9.84 Å². The minimum Gasteiger partial charge on any atom is -0.396 e. The molecule has 0 fully saturated rings. The number of aliphatic hydroxyl groups is 1. The fourth-order valence-corrected chi connectivity index (χ4v) is 3.06. The molecule has 1 aromatic rings. The number of sulfone groups is 1. The molecule has 19 heavy (non-hydrogen) atoms. The van der Waals surface area contributed by atoms with Gasteiger partial charge in [-0.3, -0.25) is 0 Å². The van der Waals surface area contributed by atoms with Gasteiger partial charge in [0.05, 0.1) is 10.1 Å². The second-order valence-electron chi connectivity index (χ2n) is 5.15. The smallest absolute Gasteiger partial charge is 0.180 e. The Morgan fingerprint density at radius 1 is 1.16 bits per heavy atom. The van der Waals surface area contributed by atoms with Gasteiger partial charge in [-0.25, -0.2) is 8.42 Å². The Kier molecular flexibility index (Phi) is 5.52. The molecule has 0 bridgehead atoms. The maximum Gasteiger partial charge on any atom is 0.180 e. The van der Waals surface area contributed by atoms with Crippen LogP contribution in [0.5, 0.6) is 0 Å². The number of hydrogen-bond acceptors (Lipinski definition) is 4. The van der Waals surface area contributed by atoms with Crippen molar-refractivity contribution in [3.8, 4) is 0 Å². The maximum atomic E-state index is 12.0. The zero-order valence-electron chi connectivity index (χ0n) is 12.0. The molecule has 0 aromatic heterocycles. The Balaban J connectivity index is 3.05. The van der Waals surface area contributed by atoms with E-state index in [-0.39, 0.29) is 12.6 Å². The predicted octanol–water partition coefficient (Wildman–Crippen LogP) is 1.85. The Labute approximate surface area is 116 Å². The van der Waals surface area contributed by atoms with Gasteiger partial charge in [0.2, 0.25) is 0 Å². The van der Waals surface area contributed by atoms with E-state index in [0.717, 1.165) is 5.56 Å². The summed E-state index contributed by atoms with van der Waals surface area (Å²) in [4.78, 5) is 2.37. The molecule has 1 rings (SSSR count). The van der Waals surface area contributed by atoms with Crippen molar-refractivity contribution in [3.05, 3.63) is 29.8 Å². The van der Waals surface area contributed by atoms with Gasteiger partial charge in [0.15, 0.2) is 9.84 Å². The lowest BCUT2D eigenvalue weighted by Crippen LogP contribution is -2.21. The lowest BCUT2D eigenvalue weighted by atomic mass is 10.0. The first kappa shape index (κ1) is 16.1. The fraction of sp³-hybridized carbons (Fsp3) is 0.571. The van der Waals surface area contributed by atoms with Crippen molar-refractivity contribution in [2.45, 2.75) is 36.5 Å². The zero-order chi connectivity index (χ0) is 14.6. The molecule has 4 nitrogen and oxygen atoms in total. The lowest BCUT2D eigenvalue weighted by Gasteiger charge is -2.24. The second kappa shape index (κ2) is 6.50. The van der Waals surface area contributed by atoms with E-state index in [2.05, 4.69) is 0 Å². The van der Waals surface area contributed by atoms with Crippen LogP contribution in [0.25, 0.3) is 0 Å². The molecule has 0 saturated carbocycles. The number of nitrogens with zero attached hydrogens (tertiary/aromatic N) is 1. The summed E-state index contributed by atoms with van der Waals surface area (Å²) in [5.74, 6) is 0. The van der Waals surface area contributed by atoms with Crippen molar-refractivity contribution in [2.75, 3.05) is 20.7 Å². The molecule has 0 aliphatic heterocycles. The van der Waals surface area contributed by atoms with Crippen molar-refractivity contribution in [1.82, 2.24) is 4.90 Å². The molecule has 1 N–H and O–H groups in total. The predicted molar refractivity (Wildman–Crippen MR) is 76.9 cm³/mol. The van der Waals surface area contributed by atoms with Crippen LogP contribution in [-0.4, -0.2) is 44.4 Å². The van der Waals surface area contributed by atoms with Gasteiger partial charge in [-0.05, 0) is 52.1 Å². The molecule has 0 aliphatic rings. The van der Waals surface area contributed by atoms with Gasteiger partial charge in [-0.1, -0.05) is 12.1 Å². The van der Waals surface area contributed by atoms with Gasteiger partial charge in [0, 0.05) is 12.6 Å². The van der Waals surface area contributed by atoms with E-state index in [1.807, 2.05) is 31.1 Å². The zero-order valence-corrected chi connectivity index (χ0v) is 12.8. The highest BCUT2D eigenvalue weighted by Crippen LogP contribution is 2.24. The van der Waals surface area contributed by atoms with Gasteiger partial charge in [0.1, 0.15) is 0 Å². The van der Waals surface area contributed by atoms with Crippen molar-refractivity contribution in [1.29, 1.82) is 0 Å². The molecule has 0 amide bonds. The van der Waals surface area contributed by atoms with E-state index in [1.165, 1.54) is 0 Å². The van der Waals surface area contributed by atoms with Gasteiger partial charge in [-0.15, -0.1) is 0 Å². The summed E-state index contributed by atoms with van der Waals surface area (Å²) < 4.78 is 24.0. The van der Waals surface area contributed by atoms with Crippen LogP contribution in [0.4, 0.5) is 0 Å². The molecule has 0 saturated heterocycles. The lowest BCUT2D eigenvalue weighted by molar-refractivity contribution is 0.211. The summed E-state index contributed by atoms with van der Waals surface area (Å²) in [5.41, 5.74) is 1.02. The standard InChI is InChI=1S/C14H23NO3S/c1-11(2)19(17,18)13-7-5-12(6-8-13)14(9-10-16)15(3)4/h5-8,11,14,16H,9-10H2,1-4H3. The summed E-state index contributed by atoms with van der Waals surface area (Å²) in [6.45, 7) is 3.46. The van der Waals surface area contributed by atoms with Gasteiger partial charge < -0.3 is 10.0 Å². The van der Waals surface area contributed by atoms with Gasteiger partial charge in [-0.2, -0.15) is 0 Å². The average Bonchev–Trinajstić information content (AvgIpc) is 2.35. The largest absolute Gasteiger partial charge is 0.396 e.